The Hall–Kier alpha value is -3.79. The highest BCUT2D eigenvalue weighted by atomic mass is 16.5. The molecule has 1 aliphatic carbocycles. The van der Waals surface area contributed by atoms with E-state index in [-0.39, 0.29) is 25.0 Å². The van der Waals surface area contributed by atoms with Gasteiger partial charge in [-0.3, -0.25) is 4.79 Å². The molecule has 0 fully saturated rings. The number of carbonyl (C=O) groups is 3. The summed E-state index contributed by atoms with van der Waals surface area (Å²) < 4.78 is 5.39. The average molecular weight is 434 g/mol. The summed E-state index contributed by atoms with van der Waals surface area (Å²) in [5, 5.41) is 14.0. The smallest absolute Gasteiger partial charge is 0.407 e. The van der Waals surface area contributed by atoms with Gasteiger partial charge in [-0.1, -0.05) is 68.3 Å². The highest BCUT2D eigenvalue weighted by molar-refractivity contribution is 5.96. The molecule has 0 bridgehead atoms. The third-order valence-corrected chi connectivity index (χ3v) is 5.18. The van der Waals surface area contributed by atoms with Crippen molar-refractivity contribution in [2.45, 2.75) is 32.2 Å². The van der Waals surface area contributed by atoms with Crippen molar-refractivity contribution in [1.82, 2.24) is 10.6 Å². The molecule has 1 unspecified atom stereocenters. The molecule has 3 N–H and O–H groups in total. The quantitative estimate of drug-likeness (QED) is 0.581. The van der Waals surface area contributed by atoms with Crippen LogP contribution in [0.5, 0.6) is 0 Å². The highest BCUT2D eigenvalue weighted by Gasteiger charge is 2.28. The summed E-state index contributed by atoms with van der Waals surface area (Å²) >= 11 is 0. The van der Waals surface area contributed by atoms with E-state index in [0.717, 1.165) is 22.3 Å². The molecule has 1 atom stereocenters. The van der Waals surface area contributed by atoms with Gasteiger partial charge in [0, 0.05) is 5.92 Å². The van der Waals surface area contributed by atoms with Gasteiger partial charge in [0.25, 0.3) is 5.91 Å². The Bertz CT molecular complexity index is 1020. The van der Waals surface area contributed by atoms with Gasteiger partial charge in [0.2, 0.25) is 0 Å². The van der Waals surface area contributed by atoms with Crippen LogP contribution in [0.1, 0.15) is 37.3 Å². The number of benzene rings is 2. The molecular weight excluding hydrogens is 408 g/mol. The first-order chi connectivity index (χ1) is 15.4. The van der Waals surface area contributed by atoms with Crippen molar-refractivity contribution in [1.29, 1.82) is 0 Å². The number of carbonyl (C=O) groups excluding carboxylic acids is 2. The van der Waals surface area contributed by atoms with Crippen molar-refractivity contribution in [3.8, 4) is 23.0 Å². The van der Waals surface area contributed by atoms with Crippen LogP contribution in [-0.4, -0.2) is 42.3 Å². The molecule has 0 heterocycles. The Morgan fingerprint density at radius 1 is 1.03 bits per heavy atom. The fourth-order valence-electron chi connectivity index (χ4n) is 3.78. The van der Waals surface area contributed by atoms with Crippen LogP contribution in [0.2, 0.25) is 0 Å². The van der Waals surface area contributed by atoms with Crippen LogP contribution in [0.4, 0.5) is 4.79 Å². The first-order valence-electron chi connectivity index (χ1n) is 10.5. The second-order valence-corrected chi connectivity index (χ2v) is 7.97. The molecule has 0 aliphatic heterocycles. The van der Waals surface area contributed by atoms with Crippen LogP contribution in [0.25, 0.3) is 11.1 Å². The summed E-state index contributed by atoms with van der Waals surface area (Å²) in [7, 11) is 0. The van der Waals surface area contributed by atoms with Crippen molar-refractivity contribution in [2.75, 3.05) is 13.2 Å². The zero-order valence-corrected chi connectivity index (χ0v) is 18.1. The summed E-state index contributed by atoms with van der Waals surface area (Å²) in [6, 6.07) is 15.1. The molecule has 7 heteroatoms. The number of ether oxygens (including phenoxy) is 1. The molecule has 0 saturated heterocycles. The van der Waals surface area contributed by atoms with E-state index < -0.39 is 24.0 Å². The van der Waals surface area contributed by atoms with E-state index in [1.165, 1.54) is 0 Å². The monoisotopic (exact) mass is 434 g/mol. The number of hydrogen-bond acceptors (Lipinski definition) is 4. The molecule has 2 aromatic rings. The van der Waals surface area contributed by atoms with E-state index >= 15 is 0 Å². The number of amides is 2. The Labute approximate surface area is 187 Å². The first-order valence-corrected chi connectivity index (χ1v) is 10.5. The molecule has 0 saturated carbocycles. The fraction of sp³-hybridized carbons (Fsp3) is 0.320. The predicted molar refractivity (Wildman–Crippen MR) is 120 cm³/mol. The molecular formula is C25H26N2O5. The molecule has 3 rings (SSSR count). The normalized spacial score (nSPS) is 12.7. The number of carboxylic acid groups (broad SMARTS) is 1. The maximum absolute atomic E-state index is 12.1. The Morgan fingerprint density at radius 2 is 1.62 bits per heavy atom. The molecule has 7 nitrogen and oxygen atoms in total. The van der Waals surface area contributed by atoms with Gasteiger partial charge in [-0.2, -0.15) is 0 Å². The Morgan fingerprint density at radius 3 is 2.19 bits per heavy atom. The van der Waals surface area contributed by atoms with Crippen LogP contribution in [-0.2, 0) is 14.3 Å². The van der Waals surface area contributed by atoms with Crippen molar-refractivity contribution in [3.05, 3.63) is 59.7 Å². The van der Waals surface area contributed by atoms with Gasteiger partial charge in [-0.15, -0.1) is 0 Å². The van der Waals surface area contributed by atoms with Crippen LogP contribution in [0.3, 0.4) is 0 Å². The van der Waals surface area contributed by atoms with Crippen LogP contribution in [0, 0.1) is 17.8 Å². The summed E-state index contributed by atoms with van der Waals surface area (Å²) in [5.41, 5.74) is 4.52. The van der Waals surface area contributed by atoms with Crippen molar-refractivity contribution in [2.24, 2.45) is 5.92 Å². The first kappa shape index (κ1) is 22.9. The van der Waals surface area contributed by atoms with E-state index in [4.69, 9.17) is 9.84 Å². The second-order valence-electron chi connectivity index (χ2n) is 7.97. The van der Waals surface area contributed by atoms with E-state index in [9.17, 15) is 14.4 Å². The minimum absolute atomic E-state index is 0.0427. The summed E-state index contributed by atoms with van der Waals surface area (Å²) in [4.78, 5) is 35.1. The van der Waals surface area contributed by atoms with Gasteiger partial charge in [-0.25, -0.2) is 9.59 Å². The Kier molecular flexibility index (Phi) is 7.50. The van der Waals surface area contributed by atoms with E-state index in [1.54, 1.807) is 0 Å². The average Bonchev–Trinajstić information content (AvgIpc) is 3.08. The lowest BCUT2D eigenvalue weighted by Gasteiger charge is -2.14. The number of aliphatic carboxylic acids is 1. The number of nitrogens with one attached hydrogen (secondary N) is 2. The third kappa shape index (κ3) is 5.67. The molecule has 2 amide bonds. The molecule has 0 spiro atoms. The summed E-state index contributed by atoms with van der Waals surface area (Å²) in [6.45, 7) is 3.83. The maximum Gasteiger partial charge on any atom is 0.407 e. The van der Waals surface area contributed by atoms with Gasteiger partial charge in [-0.05, 0) is 40.5 Å². The van der Waals surface area contributed by atoms with Crippen LogP contribution < -0.4 is 10.6 Å². The van der Waals surface area contributed by atoms with Crippen molar-refractivity contribution >= 4 is 18.0 Å². The molecule has 166 valence electrons. The number of rotatable bonds is 7. The van der Waals surface area contributed by atoms with Crippen molar-refractivity contribution in [3.63, 3.8) is 0 Å². The lowest BCUT2D eigenvalue weighted by atomic mass is 9.98. The van der Waals surface area contributed by atoms with Gasteiger partial charge in [0.1, 0.15) is 12.6 Å². The van der Waals surface area contributed by atoms with Crippen LogP contribution in [0.15, 0.2) is 48.5 Å². The molecule has 0 radical (unpaired) electrons. The van der Waals surface area contributed by atoms with E-state index in [2.05, 4.69) is 34.6 Å². The standard InChI is InChI=1S/C25H26N2O5/c1-16(2)14-22(24(29)30)27-23(28)12-7-13-26-25(31)32-15-21-19-10-5-3-8-17(19)18-9-4-6-11-20(18)21/h3-6,8-11,16,21-22H,13-15H2,1-2H3,(H,26,31)(H,27,28)(H,29,30). The minimum Gasteiger partial charge on any atom is -0.480 e. The number of fused-ring (bicyclic) bond motifs is 3. The topological polar surface area (TPSA) is 105 Å². The van der Waals surface area contributed by atoms with Gasteiger partial charge < -0.3 is 20.5 Å². The van der Waals surface area contributed by atoms with Gasteiger partial charge in [0.05, 0.1) is 6.54 Å². The molecule has 2 aromatic carbocycles. The predicted octanol–water partition coefficient (Wildman–Crippen LogP) is 3.14. The lowest BCUT2D eigenvalue weighted by molar-refractivity contribution is -0.141. The molecule has 0 aromatic heterocycles. The third-order valence-electron chi connectivity index (χ3n) is 5.18. The van der Waals surface area contributed by atoms with E-state index in [0.29, 0.717) is 6.42 Å². The zero-order valence-electron chi connectivity index (χ0n) is 18.1. The highest BCUT2D eigenvalue weighted by Crippen LogP contribution is 2.44. The molecule has 1 aliphatic rings. The Balaban J connectivity index is 1.49. The summed E-state index contributed by atoms with van der Waals surface area (Å²) in [5.74, 6) is 3.05. The van der Waals surface area contributed by atoms with E-state index in [1.807, 2.05) is 50.2 Å². The number of alkyl carbamates (subject to hydrolysis) is 1. The van der Waals surface area contributed by atoms with Gasteiger partial charge in [0.15, 0.2) is 0 Å². The lowest BCUT2D eigenvalue weighted by Crippen LogP contribution is -2.41. The molecule has 32 heavy (non-hydrogen) atoms. The number of carboxylic acids is 1. The SMILES string of the molecule is CC(C)CC(NC(=O)C#CCNC(=O)OCC1c2ccccc2-c2ccccc21)C(=O)O. The van der Waals surface area contributed by atoms with Crippen molar-refractivity contribution < 1.29 is 24.2 Å². The zero-order chi connectivity index (χ0) is 23.1. The second kappa shape index (κ2) is 10.5. The number of hydrogen-bond donors (Lipinski definition) is 3. The van der Waals surface area contributed by atoms with Crippen LogP contribution >= 0.6 is 0 Å². The summed E-state index contributed by atoms with van der Waals surface area (Å²) in [6.07, 6.45) is -0.328. The van der Waals surface area contributed by atoms with Gasteiger partial charge >= 0.3 is 12.1 Å². The minimum atomic E-state index is -1.11. The maximum atomic E-state index is 12.1. The fourth-order valence-corrected chi connectivity index (χ4v) is 3.78. The largest absolute Gasteiger partial charge is 0.480 e.